The van der Waals surface area contributed by atoms with Crippen LogP contribution in [0, 0.1) is 0 Å². The van der Waals surface area contributed by atoms with Crippen molar-refractivity contribution in [3.8, 4) is 0 Å². The summed E-state index contributed by atoms with van der Waals surface area (Å²) >= 11 is 0. The fourth-order valence-corrected chi connectivity index (χ4v) is 8.99. The molecule has 1 atom stereocenters. The molecule has 0 spiro atoms. The molecule has 0 aliphatic rings. The quantitative estimate of drug-likeness (QED) is 0.0261. The van der Waals surface area contributed by atoms with E-state index in [1.165, 1.54) is 122 Å². The van der Waals surface area contributed by atoms with Crippen LogP contribution < -0.4 is 0 Å². The van der Waals surface area contributed by atoms with Gasteiger partial charge >= 0.3 is 17.9 Å². The van der Waals surface area contributed by atoms with Crippen molar-refractivity contribution < 1.29 is 28.6 Å². The molecule has 79 heavy (non-hydrogen) atoms. The van der Waals surface area contributed by atoms with Crippen LogP contribution in [0.15, 0.2) is 122 Å². The standard InChI is InChI=1S/C73H122O6/c1-4-7-10-13-16-19-22-25-27-29-31-33-34-35-36-37-38-40-41-43-45-48-51-54-57-60-63-66-72(75)78-69-70(68-77-71(74)65-62-59-56-53-50-47-24-21-18-15-12-9-6-3)79-73(76)67-64-61-58-55-52-49-46-44-42-39-32-30-28-26-23-20-17-14-11-8-5-2/h7,10,12,15-16,19,21,23-27,30-33,35-36,38,40,70H,4-6,8-9,11,13-14,17-18,20,22,28-29,34,37,39,41-69H2,1-3H3/b10-7-,15-12-,19-16-,24-21-,26-23-,27-25-,32-30-,33-31-,36-35-,40-38-. The predicted molar refractivity (Wildman–Crippen MR) is 343 cm³/mol. The topological polar surface area (TPSA) is 78.9 Å². The first kappa shape index (κ1) is 74.8. The third kappa shape index (κ3) is 64.5. The van der Waals surface area contributed by atoms with E-state index in [1.54, 1.807) is 0 Å². The minimum atomic E-state index is -0.794. The van der Waals surface area contributed by atoms with Crippen LogP contribution >= 0.6 is 0 Å². The molecule has 0 aromatic heterocycles. The smallest absolute Gasteiger partial charge is 0.306 e. The highest BCUT2D eigenvalue weighted by molar-refractivity contribution is 5.71. The molecule has 0 aliphatic carbocycles. The third-order valence-electron chi connectivity index (χ3n) is 13.9. The Morgan fingerprint density at radius 1 is 0.266 bits per heavy atom. The highest BCUT2D eigenvalue weighted by Gasteiger charge is 2.19. The SMILES string of the molecule is CC/C=C\C/C=C\C/C=C\C/C=C\C/C=C\C/C=C\CCCCCCCCCCC(=O)OCC(COC(=O)CCCCCCC/C=C\C/C=C\CCC)OC(=O)CCCCCCCCCCC/C=C\C/C=C\CCCCCCC. The summed E-state index contributed by atoms with van der Waals surface area (Å²) in [4.78, 5) is 38.4. The summed E-state index contributed by atoms with van der Waals surface area (Å²) in [6, 6.07) is 0. The lowest BCUT2D eigenvalue weighted by Gasteiger charge is -2.18. The highest BCUT2D eigenvalue weighted by atomic mass is 16.6. The average molecular weight is 1100 g/mol. The van der Waals surface area contributed by atoms with Crippen molar-refractivity contribution in [1.82, 2.24) is 0 Å². The van der Waals surface area contributed by atoms with E-state index in [0.29, 0.717) is 19.3 Å². The Balaban J connectivity index is 4.36. The molecule has 0 saturated heterocycles. The van der Waals surface area contributed by atoms with Crippen LogP contribution in [0.25, 0.3) is 0 Å². The molecule has 0 aliphatic heterocycles. The fraction of sp³-hybridized carbons (Fsp3) is 0.685. The molecule has 0 N–H and O–H groups in total. The Morgan fingerprint density at radius 2 is 0.519 bits per heavy atom. The van der Waals surface area contributed by atoms with Crippen molar-refractivity contribution in [2.24, 2.45) is 0 Å². The lowest BCUT2D eigenvalue weighted by atomic mass is 10.1. The largest absolute Gasteiger partial charge is 0.462 e. The first-order valence-corrected chi connectivity index (χ1v) is 33.0. The lowest BCUT2D eigenvalue weighted by Crippen LogP contribution is -2.30. The van der Waals surface area contributed by atoms with E-state index in [0.717, 1.165) is 141 Å². The van der Waals surface area contributed by atoms with Crippen molar-refractivity contribution >= 4 is 17.9 Å². The van der Waals surface area contributed by atoms with Gasteiger partial charge in [-0.25, -0.2) is 0 Å². The molecule has 0 saturated carbocycles. The second kappa shape index (κ2) is 66.3. The molecule has 0 fully saturated rings. The zero-order chi connectivity index (χ0) is 57.1. The average Bonchev–Trinajstić information content (AvgIpc) is 3.45. The maximum atomic E-state index is 12.9. The van der Waals surface area contributed by atoms with Crippen LogP contribution in [-0.2, 0) is 28.6 Å². The molecule has 0 aromatic rings. The maximum absolute atomic E-state index is 12.9. The molecule has 6 heteroatoms. The number of ether oxygens (including phenoxy) is 3. The van der Waals surface area contributed by atoms with Crippen molar-refractivity contribution in [3.63, 3.8) is 0 Å². The van der Waals surface area contributed by atoms with Gasteiger partial charge in [0.1, 0.15) is 13.2 Å². The number of unbranched alkanes of at least 4 members (excludes halogenated alkanes) is 28. The zero-order valence-corrected chi connectivity index (χ0v) is 51.6. The van der Waals surface area contributed by atoms with Gasteiger partial charge in [-0.3, -0.25) is 14.4 Å². The van der Waals surface area contributed by atoms with Crippen molar-refractivity contribution in [2.45, 2.75) is 309 Å². The summed E-state index contributed by atoms with van der Waals surface area (Å²) in [5.41, 5.74) is 0. The molecule has 0 amide bonds. The number of rotatable bonds is 59. The second-order valence-electron chi connectivity index (χ2n) is 21.6. The molecule has 0 heterocycles. The molecule has 1 unspecified atom stereocenters. The van der Waals surface area contributed by atoms with E-state index in [2.05, 4.69) is 142 Å². The molecule has 0 bridgehead atoms. The van der Waals surface area contributed by atoms with Gasteiger partial charge in [-0.05, 0) is 128 Å². The normalized spacial score (nSPS) is 12.9. The number of hydrogen-bond donors (Lipinski definition) is 0. The van der Waals surface area contributed by atoms with Crippen LogP contribution in [0.5, 0.6) is 0 Å². The van der Waals surface area contributed by atoms with Gasteiger partial charge in [0.2, 0.25) is 0 Å². The third-order valence-corrected chi connectivity index (χ3v) is 13.9. The summed E-state index contributed by atoms with van der Waals surface area (Å²) in [6.45, 7) is 6.45. The molecular weight excluding hydrogens is 973 g/mol. The number of allylic oxidation sites excluding steroid dienone is 20. The first-order valence-electron chi connectivity index (χ1n) is 33.0. The Morgan fingerprint density at radius 3 is 0.823 bits per heavy atom. The van der Waals surface area contributed by atoms with E-state index in [4.69, 9.17) is 14.2 Å². The molecule has 0 rings (SSSR count). The molecule has 450 valence electrons. The monoisotopic (exact) mass is 1090 g/mol. The minimum absolute atomic E-state index is 0.0904. The summed E-state index contributed by atoms with van der Waals surface area (Å²) in [7, 11) is 0. The van der Waals surface area contributed by atoms with Crippen LogP contribution in [0.2, 0.25) is 0 Å². The van der Waals surface area contributed by atoms with Crippen LogP contribution in [0.1, 0.15) is 303 Å². The highest BCUT2D eigenvalue weighted by Crippen LogP contribution is 2.16. The van der Waals surface area contributed by atoms with E-state index in [-0.39, 0.29) is 31.1 Å². The fourth-order valence-electron chi connectivity index (χ4n) is 8.99. The summed E-state index contributed by atoms with van der Waals surface area (Å²) in [5.74, 6) is -0.911. The van der Waals surface area contributed by atoms with E-state index in [9.17, 15) is 14.4 Å². The van der Waals surface area contributed by atoms with Crippen molar-refractivity contribution in [3.05, 3.63) is 122 Å². The number of carbonyl (C=O) groups excluding carboxylic acids is 3. The van der Waals surface area contributed by atoms with Gasteiger partial charge in [-0.2, -0.15) is 0 Å². The maximum Gasteiger partial charge on any atom is 0.306 e. The Kier molecular flexibility index (Phi) is 62.8. The van der Waals surface area contributed by atoms with Gasteiger partial charge in [-0.1, -0.05) is 277 Å². The molecule has 6 nitrogen and oxygen atoms in total. The van der Waals surface area contributed by atoms with E-state index in [1.807, 2.05) is 0 Å². The van der Waals surface area contributed by atoms with Gasteiger partial charge < -0.3 is 14.2 Å². The Bertz CT molecular complexity index is 1640. The molecule has 0 radical (unpaired) electrons. The molecule has 0 aromatic carbocycles. The van der Waals surface area contributed by atoms with E-state index >= 15 is 0 Å². The van der Waals surface area contributed by atoms with Crippen molar-refractivity contribution in [2.75, 3.05) is 13.2 Å². The van der Waals surface area contributed by atoms with Gasteiger partial charge in [0.05, 0.1) is 0 Å². The second-order valence-corrected chi connectivity index (χ2v) is 21.6. The van der Waals surface area contributed by atoms with Gasteiger partial charge in [0, 0.05) is 19.3 Å². The predicted octanol–water partition coefficient (Wildman–Crippen LogP) is 22.8. The van der Waals surface area contributed by atoms with Gasteiger partial charge in [-0.15, -0.1) is 0 Å². The summed E-state index contributed by atoms with van der Waals surface area (Å²) < 4.78 is 16.9. The van der Waals surface area contributed by atoms with Crippen LogP contribution in [0.3, 0.4) is 0 Å². The van der Waals surface area contributed by atoms with E-state index < -0.39 is 6.10 Å². The Labute approximate surface area is 488 Å². The minimum Gasteiger partial charge on any atom is -0.462 e. The lowest BCUT2D eigenvalue weighted by molar-refractivity contribution is -0.167. The number of carbonyl (C=O) groups is 3. The van der Waals surface area contributed by atoms with Gasteiger partial charge in [0.15, 0.2) is 6.10 Å². The number of hydrogen-bond acceptors (Lipinski definition) is 6. The van der Waals surface area contributed by atoms with Crippen LogP contribution in [-0.4, -0.2) is 37.2 Å². The van der Waals surface area contributed by atoms with Gasteiger partial charge in [0.25, 0.3) is 0 Å². The summed E-state index contributed by atoms with van der Waals surface area (Å²) in [5, 5.41) is 0. The Hall–Kier alpha value is -4.19. The first-order chi connectivity index (χ1) is 39.0. The van der Waals surface area contributed by atoms with Crippen LogP contribution in [0.4, 0.5) is 0 Å². The zero-order valence-electron chi connectivity index (χ0n) is 51.6. The van der Waals surface area contributed by atoms with Crippen molar-refractivity contribution in [1.29, 1.82) is 0 Å². The summed E-state index contributed by atoms with van der Waals surface area (Å²) in [6.07, 6.45) is 92.0. The number of esters is 3. The molecular formula is C73H122O6.